The van der Waals surface area contributed by atoms with Crippen LogP contribution >= 0.6 is 0 Å². The van der Waals surface area contributed by atoms with Crippen molar-refractivity contribution in [3.8, 4) is 0 Å². The summed E-state index contributed by atoms with van der Waals surface area (Å²) in [5, 5.41) is 0. The number of rotatable bonds is 2. The second kappa shape index (κ2) is 3.05. The van der Waals surface area contributed by atoms with Crippen molar-refractivity contribution in [2.75, 3.05) is 0 Å². The van der Waals surface area contributed by atoms with Gasteiger partial charge in [0.2, 0.25) is 0 Å². The van der Waals surface area contributed by atoms with Crippen molar-refractivity contribution in [1.29, 1.82) is 0 Å². The maximum Gasteiger partial charge on any atom is 0.0501 e. The first-order chi connectivity index (χ1) is 5.84. The quantitative estimate of drug-likeness (QED) is 0.607. The fourth-order valence-corrected chi connectivity index (χ4v) is 1.06. The van der Waals surface area contributed by atoms with Crippen LogP contribution in [0.1, 0.15) is 24.1 Å². The predicted molar refractivity (Wildman–Crippen MR) is 49.6 cm³/mol. The van der Waals surface area contributed by atoms with Crippen molar-refractivity contribution in [1.82, 2.24) is 4.98 Å². The van der Waals surface area contributed by atoms with E-state index in [4.69, 9.17) is 0 Å². The molecule has 0 spiro atoms. The summed E-state index contributed by atoms with van der Waals surface area (Å²) in [7, 11) is 0. The summed E-state index contributed by atoms with van der Waals surface area (Å²) < 4.78 is 0. The number of hydrogen-bond acceptors (Lipinski definition) is 2. The van der Waals surface area contributed by atoms with Crippen LogP contribution in [0.2, 0.25) is 0 Å². The Balaban J connectivity index is 2.11. The zero-order valence-corrected chi connectivity index (χ0v) is 7.20. The fraction of sp³-hybridized carbons (Fsp3) is 0.400. The van der Waals surface area contributed by atoms with Gasteiger partial charge in [-0.2, -0.15) is 0 Å². The molecule has 0 bridgehead atoms. The summed E-state index contributed by atoms with van der Waals surface area (Å²) in [5.41, 5.74) is 2.21. The van der Waals surface area contributed by atoms with Gasteiger partial charge in [0.05, 0.1) is 6.04 Å². The van der Waals surface area contributed by atoms with Gasteiger partial charge in [-0.15, -0.1) is 0 Å². The van der Waals surface area contributed by atoms with Crippen molar-refractivity contribution < 1.29 is 0 Å². The first-order valence-corrected chi connectivity index (χ1v) is 4.30. The Morgan fingerprint density at radius 1 is 1.58 bits per heavy atom. The molecule has 0 radical (unpaired) electrons. The Morgan fingerprint density at radius 2 is 2.42 bits per heavy atom. The largest absolute Gasteiger partial charge is 0.289 e. The average molecular weight is 160 g/mol. The molecular weight excluding hydrogens is 148 g/mol. The SMILES string of the molecule is Cc1cc(C=NC2CC2)ccn1. The van der Waals surface area contributed by atoms with Gasteiger partial charge in [-0.05, 0) is 37.5 Å². The van der Waals surface area contributed by atoms with Crippen LogP contribution in [-0.4, -0.2) is 17.2 Å². The lowest BCUT2D eigenvalue weighted by Gasteiger charge is -1.93. The molecule has 0 unspecified atom stereocenters. The molecular formula is C10H12N2. The molecule has 12 heavy (non-hydrogen) atoms. The first-order valence-electron chi connectivity index (χ1n) is 4.30. The smallest absolute Gasteiger partial charge is 0.0501 e. The normalized spacial score (nSPS) is 17.1. The van der Waals surface area contributed by atoms with Gasteiger partial charge in [0.15, 0.2) is 0 Å². The molecule has 1 aliphatic carbocycles. The lowest BCUT2D eigenvalue weighted by molar-refractivity contribution is 1.08. The van der Waals surface area contributed by atoms with Crippen LogP contribution in [0.15, 0.2) is 23.3 Å². The van der Waals surface area contributed by atoms with E-state index >= 15 is 0 Å². The van der Waals surface area contributed by atoms with Crippen molar-refractivity contribution in [2.24, 2.45) is 4.99 Å². The first kappa shape index (κ1) is 7.47. The summed E-state index contributed by atoms with van der Waals surface area (Å²) in [6.45, 7) is 1.99. The van der Waals surface area contributed by atoms with E-state index in [-0.39, 0.29) is 0 Å². The minimum atomic E-state index is 0.610. The molecule has 1 fully saturated rings. The van der Waals surface area contributed by atoms with Crippen LogP contribution in [0, 0.1) is 6.92 Å². The van der Waals surface area contributed by atoms with Gasteiger partial charge in [-0.25, -0.2) is 0 Å². The number of aromatic nitrogens is 1. The van der Waals surface area contributed by atoms with Crippen molar-refractivity contribution >= 4 is 6.21 Å². The highest BCUT2D eigenvalue weighted by atomic mass is 14.8. The molecule has 0 aliphatic heterocycles. The maximum absolute atomic E-state index is 4.39. The lowest BCUT2D eigenvalue weighted by atomic mass is 10.2. The summed E-state index contributed by atoms with van der Waals surface area (Å²) in [6, 6.07) is 4.64. The highest BCUT2D eigenvalue weighted by molar-refractivity contribution is 5.79. The molecule has 1 heterocycles. The van der Waals surface area contributed by atoms with Crippen LogP contribution in [0.3, 0.4) is 0 Å². The van der Waals surface area contributed by atoms with E-state index in [2.05, 4.69) is 9.98 Å². The fourth-order valence-electron chi connectivity index (χ4n) is 1.06. The van der Waals surface area contributed by atoms with E-state index in [1.165, 1.54) is 12.8 Å². The van der Waals surface area contributed by atoms with Crippen molar-refractivity contribution in [3.63, 3.8) is 0 Å². The Hall–Kier alpha value is -1.18. The Bertz CT molecular complexity index is 300. The molecule has 0 amide bonds. The standard InChI is InChI=1S/C10H12N2/c1-8-6-9(4-5-11-8)7-12-10-2-3-10/h4-7,10H,2-3H2,1H3. The number of pyridine rings is 1. The third-order valence-electron chi connectivity index (χ3n) is 1.90. The molecule has 2 rings (SSSR count). The van der Waals surface area contributed by atoms with Gasteiger partial charge in [0.25, 0.3) is 0 Å². The van der Waals surface area contributed by atoms with Gasteiger partial charge in [0.1, 0.15) is 0 Å². The topological polar surface area (TPSA) is 25.2 Å². The summed E-state index contributed by atoms with van der Waals surface area (Å²) >= 11 is 0. The Kier molecular flexibility index (Phi) is 1.90. The Morgan fingerprint density at radius 3 is 3.08 bits per heavy atom. The zero-order valence-electron chi connectivity index (χ0n) is 7.20. The van der Waals surface area contributed by atoms with E-state index in [0.29, 0.717) is 6.04 Å². The number of nitrogens with zero attached hydrogens (tertiary/aromatic N) is 2. The van der Waals surface area contributed by atoms with E-state index in [1.807, 2.05) is 31.5 Å². The highest BCUT2D eigenvalue weighted by Gasteiger charge is 2.18. The molecule has 0 saturated heterocycles. The van der Waals surface area contributed by atoms with Crippen LogP contribution in [0.25, 0.3) is 0 Å². The van der Waals surface area contributed by atoms with E-state index in [0.717, 1.165) is 11.3 Å². The van der Waals surface area contributed by atoms with Gasteiger partial charge in [-0.3, -0.25) is 9.98 Å². The van der Waals surface area contributed by atoms with E-state index < -0.39 is 0 Å². The van der Waals surface area contributed by atoms with Crippen LogP contribution < -0.4 is 0 Å². The van der Waals surface area contributed by atoms with Gasteiger partial charge < -0.3 is 0 Å². The molecule has 2 heteroatoms. The molecule has 0 atom stereocenters. The highest BCUT2D eigenvalue weighted by Crippen LogP contribution is 2.23. The zero-order chi connectivity index (χ0) is 8.39. The third-order valence-corrected chi connectivity index (χ3v) is 1.90. The molecule has 1 aromatic rings. The Labute approximate surface area is 72.4 Å². The molecule has 2 nitrogen and oxygen atoms in total. The number of aliphatic imine (C=N–C) groups is 1. The van der Waals surface area contributed by atoms with Gasteiger partial charge in [-0.1, -0.05) is 0 Å². The molecule has 62 valence electrons. The second-order valence-corrected chi connectivity index (χ2v) is 3.24. The minimum absolute atomic E-state index is 0.610. The molecule has 0 aromatic carbocycles. The van der Waals surface area contributed by atoms with Crippen LogP contribution in [-0.2, 0) is 0 Å². The molecule has 0 N–H and O–H groups in total. The van der Waals surface area contributed by atoms with Gasteiger partial charge in [0, 0.05) is 18.1 Å². The summed E-state index contributed by atoms with van der Waals surface area (Å²) in [4.78, 5) is 8.52. The van der Waals surface area contributed by atoms with Crippen LogP contribution in [0.5, 0.6) is 0 Å². The van der Waals surface area contributed by atoms with Crippen molar-refractivity contribution in [2.45, 2.75) is 25.8 Å². The maximum atomic E-state index is 4.39. The number of aryl methyl sites for hydroxylation is 1. The van der Waals surface area contributed by atoms with Gasteiger partial charge >= 0.3 is 0 Å². The van der Waals surface area contributed by atoms with E-state index in [1.54, 1.807) is 0 Å². The third kappa shape index (κ3) is 1.91. The minimum Gasteiger partial charge on any atom is -0.289 e. The molecule has 1 saturated carbocycles. The molecule has 1 aliphatic rings. The molecule has 1 aromatic heterocycles. The number of hydrogen-bond donors (Lipinski definition) is 0. The van der Waals surface area contributed by atoms with Crippen molar-refractivity contribution in [3.05, 3.63) is 29.6 Å². The van der Waals surface area contributed by atoms with E-state index in [9.17, 15) is 0 Å². The lowest BCUT2D eigenvalue weighted by Crippen LogP contribution is -1.86. The summed E-state index contributed by atoms with van der Waals surface area (Å²) in [5.74, 6) is 0. The average Bonchev–Trinajstić information content (AvgIpc) is 2.84. The van der Waals surface area contributed by atoms with Crippen LogP contribution in [0.4, 0.5) is 0 Å². The second-order valence-electron chi connectivity index (χ2n) is 3.24. The summed E-state index contributed by atoms with van der Waals surface area (Å²) in [6.07, 6.45) is 6.30. The monoisotopic (exact) mass is 160 g/mol. The predicted octanol–water partition coefficient (Wildman–Crippen LogP) is 1.97.